The van der Waals surface area contributed by atoms with Crippen molar-refractivity contribution in [3.8, 4) is 11.5 Å². The van der Waals surface area contributed by atoms with Gasteiger partial charge in [-0.1, -0.05) is 24.3 Å². The lowest BCUT2D eigenvalue weighted by atomic mass is 10.1. The number of hydrogen-bond acceptors (Lipinski definition) is 5. The van der Waals surface area contributed by atoms with Crippen molar-refractivity contribution in [3.05, 3.63) is 59.7 Å². The van der Waals surface area contributed by atoms with Crippen LogP contribution in [0.5, 0.6) is 11.5 Å². The predicted molar refractivity (Wildman–Crippen MR) is 102 cm³/mol. The molecule has 0 fully saturated rings. The molecule has 0 saturated carbocycles. The number of hydrogen-bond donors (Lipinski definition) is 2. The summed E-state index contributed by atoms with van der Waals surface area (Å²) in [5.74, 6) is 1.07. The molecule has 2 aromatic carbocycles. The summed E-state index contributed by atoms with van der Waals surface area (Å²) in [6.45, 7) is 2.13. The maximum Gasteiger partial charge on any atom is 0.276 e. The van der Waals surface area contributed by atoms with Gasteiger partial charge in [0.15, 0.2) is 18.1 Å². The first-order valence-corrected chi connectivity index (χ1v) is 9.55. The van der Waals surface area contributed by atoms with Gasteiger partial charge < -0.3 is 9.47 Å². The number of hydrazine groups is 1. The molecule has 0 atom stereocenters. The molecule has 0 aliphatic rings. The number of ether oxygens (including phenoxy) is 2. The van der Waals surface area contributed by atoms with Gasteiger partial charge in [-0.15, -0.1) is 0 Å². The Balaban J connectivity index is 1.80. The van der Waals surface area contributed by atoms with Crippen molar-refractivity contribution >= 4 is 23.6 Å². The molecule has 26 heavy (non-hydrogen) atoms. The van der Waals surface area contributed by atoms with Gasteiger partial charge in [0, 0.05) is 11.3 Å². The van der Waals surface area contributed by atoms with Crippen LogP contribution in [0.4, 0.5) is 0 Å². The summed E-state index contributed by atoms with van der Waals surface area (Å²) in [6.07, 6.45) is 2.02. The molecule has 2 aromatic rings. The highest BCUT2D eigenvalue weighted by molar-refractivity contribution is 7.97. The topological polar surface area (TPSA) is 76.7 Å². The van der Waals surface area contributed by atoms with Crippen molar-refractivity contribution in [3.63, 3.8) is 0 Å². The summed E-state index contributed by atoms with van der Waals surface area (Å²) in [4.78, 5) is 23.9. The molecule has 2 rings (SSSR count). The maximum absolute atomic E-state index is 12.0. The normalized spacial score (nSPS) is 10.1. The van der Waals surface area contributed by atoms with E-state index in [4.69, 9.17) is 9.47 Å². The minimum atomic E-state index is -0.469. The van der Waals surface area contributed by atoms with Crippen LogP contribution < -0.4 is 20.3 Å². The zero-order chi connectivity index (χ0) is 18.8. The highest BCUT2D eigenvalue weighted by atomic mass is 32.2. The Kier molecular flexibility index (Phi) is 7.82. The van der Waals surface area contributed by atoms with E-state index in [1.165, 1.54) is 0 Å². The third kappa shape index (κ3) is 6.00. The molecule has 0 radical (unpaired) electrons. The maximum atomic E-state index is 12.0. The van der Waals surface area contributed by atoms with Gasteiger partial charge in [-0.2, -0.15) is 11.8 Å². The van der Waals surface area contributed by atoms with Crippen molar-refractivity contribution in [1.82, 2.24) is 10.9 Å². The van der Waals surface area contributed by atoms with Gasteiger partial charge in [0.2, 0.25) is 0 Å². The Bertz CT molecular complexity index is 735. The van der Waals surface area contributed by atoms with Gasteiger partial charge in [0.1, 0.15) is 0 Å². The number of amides is 2. The fraction of sp³-hybridized carbons (Fsp3) is 0.263. The molecule has 138 valence electrons. The van der Waals surface area contributed by atoms with Crippen LogP contribution in [0.25, 0.3) is 0 Å². The lowest BCUT2D eigenvalue weighted by molar-refractivity contribution is -0.123. The van der Waals surface area contributed by atoms with E-state index in [-0.39, 0.29) is 12.5 Å². The minimum Gasteiger partial charge on any atom is -0.490 e. The van der Waals surface area contributed by atoms with Crippen molar-refractivity contribution in [2.45, 2.75) is 12.7 Å². The first-order chi connectivity index (χ1) is 12.6. The molecule has 0 aliphatic heterocycles. The zero-order valence-corrected chi connectivity index (χ0v) is 15.6. The molecule has 0 heterocycles. The Morgan fingerprint density at radius 3 is 2.23 bits per heavy atom. The predicted octanol–water partition coefficient (Wildman–Crippen LogP) is 2.79. The lowest BCUT2D eigenvalue weighted by Crippen LogP contribution is -2.43. The number of benzene rings is 2. The molecule has 0 unspecified atom stereocenters. The molecule has 0 aromatic heterocycles. The molecule has 0 aliphatic carbocycles. The summed E-state index contributed by atoms with van der Waals surface area (Å²) in [6, 6.07) is 14.3. The van der Waals surface area contributed by atoms with Crippen LogP contribution in [0, 0.1) is 0 Å². The van der Waals surface area contributed by atoms with E-state index in [0.717, 1.165) is 11.3 Å². The summed E-state index contributed by atoms with van der Waals surface area (Å²) in [7, 11) is 0. The Labute approximate surface area is 157 Å². The molecule has 6 nitrogen and oxygen atoms in total. The fourth-order valence-electron chi connectivity index (χ4n) is 2.14. The molecule has 7 heteroatoms. The van der Waals surface area contributed by atoms with Gasteiger partial charge in [0.25, 0.3) is 11.8 Å². The highest BCUT2D eigenvalue weighted by Crippen LogP contribution is 2.26. The number of para-hydroxylation sites is 2. The standard InChI is InChI=1S/C19H22N2O4S/c1-3-24-16-6-4-5-7-17(16)25-12-18(22)20-21-19(23)15-10-8-14(9-11-15)13-26-2/h4-11H,3,12-13H2,1-2H3,(H,20,22)(H,21,23). The van der Waals surface area contributed by atoms with Gasteiger partial charge in [-0.25, -0.2) is 0 Å². The first-order valence-electron chi connectivity index (χ1n) is 8.15. The van der Waals surface area contributed by atoms with Gasteiger partial charge in [0.05, 0.1) is 6.61 Å². The van der Waals surface area contributed by atoms with Gasteiger partial charge >= 0.3 is 0 Å². The molecular formula is C19H22N2O4S. The summed E-state index contributed by atoms with van der Waals surface area (Å²) >= 11 is 1.71. The van der Waals surface area contributed by atoms with E-state index in [0.29, 0.717) is 23.7 Å². The van der Waals surface area contributed by atoms with Crippen LogP contribution in [-0.2, 0) is 10.5 Å². The summed E-state index contributed by atoms with van der Waals surface area (Å²) < 4.78 is 10.9. The van der Waals surface area contributed by atoms with Crippen LogP contribution in [0.1, 0.15) is 22.8 Å². The number of nitrogens with one attached hydrogen (secondary N) is 2. The second-order valence-corrected chi connectivity index (χ2v) is 6.17. The van der Waals surface area contributed by atoms with Crippen molar-refractivity contribution < 1.29 is 19.1 Å². The highest BCUT2D eigenvalue weighted by Gasteiger charge is 2.10. The number of carbonyl (C=O) groups excluding carboxylic acids is 2. The average molecular weight is 374 g/mol. The fourth-order valence-corrected chi connectivity index (χ4v) is 2.67. The number of rotatable bonds is 8. The SMILES string of the molecule is CCOc1ccccc1OCC(=O)NNC(=O)c1ccc(CSC)cc1. The van der Waals surface area contributed by atoms with E-state index < -0.39 is 5.91 Å². The van der Waals surface area contributed by atoms with E-state index in [1.807, 2.05) is 31.4 Å². The van der Waals surface area contributed by atoms with Crippen LogP contribution in [-0.4, -0.2) is 31.3 Å². The number of carbonyl (C=O) groups is 2. The van der Waals surface area contributed by atoms with Crippen molar-refractivity contribution in [2.24, 2.45) is 0 Å². The Hall–Kier alpha value is -2.67. The average Bonchev–Trinajstić information content (AvgIpc) is 2.66. The van der Waals surface area contributed by atoms with E-state index in [1.54, 1.807) is 42.1 Å². The molecule has 0 bridgehead atoms. The first kappa shape index (κ1) is 19.7. The van der Waals surface area contributed by atoms with E-state index in [9.17, 15) is 9.59 Å². The molecule has 0 spiro atoms. The summed E-state index contributed by atoms with van der Waals surface area (Å²) in [5.41, 5.74) is 6.31. The molecular weight excluding hydrogens is 352 g/mol. The Morgan fingerprint density at radius 2 is 1.62 bits per heavy atom. The van der Waals surface area contributed by atoms with Crippen LogP contribution >= 0.6 is 11.8 Å². The van der Waals surface area contributed by atoms with Crippen LogP contribution in [0.2, 0.25) is 0 Å². The van der Waals surface area contributed by atoms with Gasteiger partial charge in [-0.05, 0) is 43.0 Å². The second kappa shape index (κ2) is 10.4. The third-order valence-corrected chi connectivity index (χ3v) is 3.97. The monoisotopic (exact) mass is 374 g/mol. The van der Waals surface area contributed by atoms with Crippen LogP contribution in [0.3, 0.4) is 0 Å². The third-order valence-electron chi connectivity index (χ3n) is 3.35. The molecule has 2 amide bonds. The quantitative estimate of drug-likeness (QED) is 0.695. The second-order valence-electron chi connectivity index (χ2n) is 5.30. The number of thioether (sulfide) groups is 1. The van der Waals surface area contributed by atoms with Crippen LogP contribution in [0.15, 0.2) is 48.5 Å². The lowest BCUT2D eigenvalue weighted by Gasteiger charge is -2.12. The molecule has 2 N–H and O–H groups in total. The largest absolute Gasteiger partial charge is 0.490 e. The zero-order valence-electron chi connectivity index (χ0n) is 14.8. The summed E-state index contributed by atoms with van der Waals surface area (Å²) in [5, 5.41) is 0. The van der Waals surface area contributed by atoms with E-state index >= 15 is 0 Å². The van der Waals surface area contributed by atoms with Gasteiger partial charge in [-0.3, -0.25) is 20.4 Å². The van der Waals surface area contributed by atoms with E-state index in [2.05, 4.69) is 10.9 Å². The minimum absolute atomic E-state index is 0.239. The van der Waals surface area contributed by atoms with Crippen molar-refractivity contribution in [2.75, 3.05) is 19.5 Å². The molecule has 0 saturated heterocycles. The van der Waals surface area contributed by atoms with Crippen molar-refractivity contribution in [1.29, 1.82) is 0 Å². The smallest absolute Gasteiger partial charge is 0.276 e. The Morgan fingerprint density at radius 1 is 0.962 bits per heavy atom.